The Labute approximate surface area is 825 Å². The molecule has 17 heteroatoms. The van der Waals surface area contributed by atoms with Gasteiger partial charge in [0.25, 0.3) is 0 Å². The number of fused-ring (bicyclic) bond motifs is 14. The number of halogens is 5. The highest BCUT2D eigenvalue weighted by atomic mass is 79.9. The molecule has 0 spiro atoms. The van der Waals surface area contributed by atoms with Crippen molar-refractivity contribution in [2.24, 2.45) is 0 Å². The van der Waals surface area contributed by atoms with Crippen LogP contribution in [0.2, 0.25) is 0 Å². The van der Waals surface area contributed by atoms with Gasteiger partial charge in [0.05, 0.1) is 27.8 Å². The summed E-state index contributed by atoms with van der Waals surface area (Å²) in [5.41, 5.74) is 4.42. The van der Waals surface area contributed by atoms with Crippen molar-refractivity contribution in [2.45, 2.75) is 38.9 Å². The lowest BCUT2D eigenvalue weighted by atomic mass is 9.78. The topological polar surface area (TPSA) is 87.0 Å². The van der Waals surface area contributed by atoms with E-state index in [1.807, 2.05) is 224 Å². The van der Waals surface area contributed by atoms with Crippen LogP contribution in [0, 0.1) is 0 Å². The molecule has 134 heavy (non-hydrogen) atoms. The molecule has 20 aromatic carbocycles. The van der Waals surface area contributed by atoms with Crippen molar-refractivity contribution < 1.29 is 23.0 Å². The van der Waals surface area contributed by atoms with E-state index in [0.29, 0.717) is 0 Å². The largest absolute Gasteiger partial charge is 0.494 e. The second-order valence-electron chi connectivity index (χ2n) is 33.5. The van der Waals surface area contributed by atoms with Gasteiger partial charge in [-0.15, -0.1) is 0 Å². The van der Waals surface area contributed by atoms with Gasteiger partial charge in [-0.1, -0.05) is 424 Å². The molecular weight excluding hydrogens is 2050 g/mol. The molecule has 23 rings (SSSR count). The third-order valence-electron chi connectivity index (χ3n) is 24.4. The molecule has 2 aromatic heterocycles. The lowest BCUT2D eigenvalue weighted by molar-refractivity contribution is 0.00578. The normalized spacial score (nSPS) is 12.7. The number of nitrogens with zero attached hydrogens (tertiary/aromatic N) is 2. The van der Waals surface area contributed by atoms with Gasteiger partial charge < -0.3 is 18.4 Å². The fourth-order valence-electron chi connectivity index (χ4n) is 16.9. The first kappa shape index (κ1) is 93.0. The highest BCUT2D eigenvalue weighted by Gasteiger charge is 2.52. The van der Waals surface area contributed by atoms with E-state index in [9.17, 15) is 13.7 Å². The molecule has 0 radical (unpaired) electrons. The van der Waals surface area contributed by atoms with Crippen molar-refractivity contribution in [3.63, 3.8) is 0 Å². The molecule has 654 valence electrons. The Morgan fingerprint density at radius 1 is 0.291 bits per heavy atom. The molecule has 1 aliphatic heterocycles. The summed E-state index contributed by atoms with van der Waals surface area (Å²) in [6.45, 7) is 8.37. The molecule has 7 nitrogen and oxygen atoms in total. The van der Waals surface area contributed by atoms with Gasteiger partial charge in [-0.3, -0.25) is 4.40 Å². The monoisotopic (exact) mass is 2130 g/mol. The van der Waals surface area contributed by atoms with Crippen molar-refractivity contribution in [1.82, 2.24) is 9.38 Å². The highest BCUT2D eigenvalue weighted by molar-refractivity contribution is 9.11. The Morgan fingerprint density at radius 2 is 0.619 bits per heavy atom. The zero-order valence-corrected chi connectivity index (χ0v) is 85.2. The first-order valence-corrected chi connectivity index (χ1v) is 54.0. The second kappa shape index (κ2) is 41.4. The number of imidazole rings is 1. The number of para-hydroxylation sites is 2. The molecule has 0 unspecified atom stereocenters. The number of aromatic nitrogens is 2. The van der Waals surface area contributed by atoms with E-state index in [0.717, 1.165) is 119 Å². The third-order valence-corrected chi connectivity index (χ3v) is 36.9. The van der Waals surface area contributed by atoms with Gasteiger partial charge in [0, 0.05) is 70.3 Å². The summed E-state index contributed by atoms with van der Waals surface area (Å²) in [7, 11) is -8.18. The van der Waals surface area contributed by atoms with Gasteiger partial charge in [0.15, 0.2) is 24.9 Å². The van der Waals surface area contributed by atoms with E-state index in [2.05, 4.69) is 354 Å². The van der Waals surface area contributed by atoms with E-state index in [4.69, 9.17) is 14.3 Å². The van der Waals surface area contributed by atoms with Gasteiger partial charge in [0.1, 0.15) is 5.65 Å². The van der Waals surface area contributed by atoms with Gasteiger partial charge >= 0.3 is 14.9 Å². The zero-order valence-electron chi connectivity index (χ0n) is 73.6. The Bertz CT molecular complexity index is 7720. The maximum atomic E-state index is 14.3. The van der Waals surface area contributed by atoms with Crippen molar-refractivity contribution in [3.05, 3.63) is 489 Å². The number of rotatable bonds is 12. The number of pyridine rings is 1. The zero-order chi connectivity index (χ0) is 92.5. The minimum absolute atomic E-state index is 0.386. The molecule has 0 amide bonds. The van der Waals surface area contributed by atoms with E-state index in [1.165, 1.54) is 59.0 Å². The van der Waals surface area contributed by atoms with Crippen LogP contribution in [-0.2, 0) is 23.0 Å². The molecule has 3 heterocycles. The molecule has 0 atom stereocenters. The van der Waals surface area contributed by atoms with Crippen molar-refractivity contribution in [3.8, 4) is 0 Å². The van der Waals surface area contributed by atoms with E-state index in [1.54, 1.807) is 0 Å². The number of benzene rings is 20. The van der Waals surface area contributed by atoms with Crippen LogP contribution in [0.3, 0.4) is 0 Å². The molecule has 0 bridgehead atoms. The van der Waals surface area contributed by atoms with Crippen LogP contribution in [0.15, 0.2) is 489 Å². The molecule has 1 saturated heterocycles. The van der Waals surface area contributed by atoms with Gasteiger partial charge in [-0.25, -0.2) is 4.98 Å². The molecule has 1 fully saturated rings. The van der Waals surface area contributed by atoms with Crippen LogP contribution in [0.5, 0.6) is 0 Å². The summed E-state index contributed by atoms with van der Waals surface area (Å²) < 4.78 is 61.2. The van der Waals surface area contributed by atoms with Gasteiger partial charge in [-0.05, 0) is 238 Å². The van der Waals surface area contributed by atoms with E-state index in [-0.39, 0.29) is 11.2 Å². The van der Waals surface area contributed by atoms with Gasteiger partial charge in [0.2, 0.25) is 0 Å². The van der Waals surface area contributed by atoms with Crippen LogP contribution in [-0.4, -0.2) is 27.7 Å². The molecule has 0 N–H and O–H groups in total. The van der Waals surface area contributed by atoms with Crippen molar-refractivity contribution in [2.75, 3.05) is 0 Å². The summed E-state index contributed by atoms with van der Waals surface area (Å²) in [6.07, 6.45) is 0. The predicted molar refractivity (Wildman–Crippen MR) is 592 cm³/mol. The number of hydrogen-bond acceptors (Lipinski definition) is 6. The average molecular weight is 2140 g/mol. The average Bonchev–Trinajstić information content (AvgIpc) is 1.51. The quantitative estimate of drug-likeness (QED) is 0.0688. The Balaban J connectivity index is 0.000000111. The fraction of sp³-hybridized carbons (Fsp3) is 0.0513. The highest BCUT2D eigenvalue weighted by Crippen LogP contribution is 2.46. The lowest BCUT2D eigenvalue weighted by Crippen LogP contribution is -2.41. The predicted octanol–water partition coefficient (Wildman–Crippen LogP) is 28.9. The maximum Gasteiger partial charge on any atom is 0.494 e. The van der Waals surface area contributed by atoms with Crippen LogP contribution >= 0.6 is 110 Å². The lowest BCUT2D eigenvalue weighted by Gasteiger charge is -2.32. The summed E-state index contributed by atoms with van der Waals surface area (Å²) >= 11 is 17.5. The Kier molecular flexibility index (Phi) is 28.7. The first-order chi connectivity index (χ1) is 65.1. The summed E-state index contributed by atoms with van der Waals surface area (Å²) in [4.78, 5) is 5.07. The third kappa shape index (κ3) is 20.3. The Morgan fingerprint density at radius 3 is 1.04 bits per heavy atom. The minimum Gasteiger partial charge on any atom is -0.399 e. The number of hydrogen-bond donors (Lipinski definition) is 0. The molecule has 0 aliphatic carbocycles. The van der Waals surface area contributed by atoms with E-state index >= 15 is 0 Å². The van der Waals surface area contributed by atoms with Crippen LogP contribution < -0.4 is 63.8 Å². The maximum absolute atomic E-state index is 14.3. The van der Waals surface area contributed by atoms with Crippen LogP contribution in [0.1, 0.15) is 27.7 Å². The summed E-state index contributed by atoms with van der Waals surface area (Å²) in [6, 6.07) is 158. The van der Waals surface area contributed by atoms with Crippen LogP contribution in [0.4, 0.5) is 0 Å². The van der Waals surface area contributed by atoms with E-state index < -0.39 is 37.1 Å². The fourth-order valence-corrected chi connectivity index (χ4v) is 27.7. The first-order valence-electron chi connectivity index (χ1n) is 44.0. The molecular formula is C117H89BBr5N2O5P4+. The van der Waals surface area contributed by atoms with Gasteiger partial charge in [-0.2, -0.15) is 0 Å². The summed E-state index contributed by atoms with van der Waals surface area (Å²) in [5, 5.41) is 26.6. The Hall–Kier alpha value is -11.5. The SMILES string of the molecule is Brc1ccc2cc(Br)ccc2c1.Brc1ccc2cc(P(c3ccccc3)c3ccccc3)ccc2c1.CC1(C)OB(c2ccc3c4c5ccccc5ccc4c4nc5ccccc5n4c3c2)OC1(C)C.O=P(c1ccccc1)(c1ccccc1)c1ccc2cc(Br)ccc2c1.O=P(c1ccccc1)(c1ccccc1)c1ccc2cc(Br)ccc2c1.O=[P+](c1ccccc1)c1ccccc1. The molecule has 22 aromatic rings. The molecule has 0 saturated carbocycles. The van der Waals surface area contributed by atoms with Crippen LogP contribution in [0.25, 0.3) is 92.2 Å². The smallest absolute Gasteiger partial charge is 0.399 e. The summed E-state index contributed by atoms with van der Waals surface area (Å²) in [5.74, 6) is 0. The second-order valence-corrected chi connectivity index (χ2v) is 47.5. The van der Waals surface area contributed by atoms with Crippen molar-refractivity contribution in [1.29, 1.82) is 0 Å². The minimum atomic E-state index is -2.90. The standard InChI is InChI=1S/C29H25BN2O2.2C22H16BrOP.C22H16BrP.C12H10OP.C10H6Br2/c1-28(2)29(3,4)34-30(33-28)19-14-16-21-25(17-19)32-24-12-8-7-11-23(24)31-27(32)22-15-13-18-9-5-6-10-20(18)26(21)22;2*23-19-13-11-18-16-22(14-12-17(18)15-19)25(24,20-7-3-1-4-8-20)21-9-5-2-6-10-21;23-19-13-11-18-16-22(14-12-17(18)15-19)24(20-7-3-1-4-8-20)21-9-5-2-6-10-21;13-14(11-7-3-1-4-8-11)12-9-5-2-6-10-12;11-9-3-1-7-5-10(12)4-2-8(7)6-9/h5-17H,1-4H3;2*1-16H;1-16H;1-10H;1-6H/q;;;;+1;. The molecule has 1 aliphatic rings. The van der Waals surface area contributed by atoms with Crippen molar-refractivity contribution >= 4 is 273 Å².